The third-order valence-electron chi connectivity index (χ3n) is 1.48. The molecule has 4 heteroatoms. The maximum atomic E-state index is 5.26. The van der Waals surface area contributed by atoms with E-state index in [-0.39, 0.29) is 0 Å². The number of pyridine rings is 1. The van der Waals surface area contributed by atoms with Crippen molar-refractivity contribution in [1.82, 2.24) is 4.98 Å². The van der Waals surface area contributed by atoms with Crippen molar-refractivity contribution >= 4 is 24.3 Å². The molecule has 12 heavy (non-hydrogen) atoms. The van der Waals surface area contributed by atoms with E-state index in [4.69, 9.17) is 5.84 Å². The first-order chi connectivity index (χ1) is 5.83. The van der Waals surface area contributed by atoms with Crippen LogP contribution in [-0.4, -0.2) is 11.7 Å². The summed E-state index contributed by atoms with van der Waals surface area (Å²) in [7, 11) is 0. The summed E-state index contributed by atoms with van der Waals surface area (Å²) in [6.45, 7) is 7.01. The van der Waals surface area contributed by atoms with Crippen molar-refractivity contribution in [3.05, 3.63) is 24.4 Å². The van der Waals surface area contributed by atoms with Gasteiger partial charge in [0.15, 0.2) is 5.82 Å². The highest BCUT2D eigenvalue weighted by atomic mass is 15.2. The molecule has 0 aliphatic heterocycles. The summed E-state index contributed by atoms with van der Waals surface area (Å²) in [6.07, 6.45) is 3.23. The molecule has 0 aliphatic carbocycles. The highest BCUT2D eigenvalue weighted by Gasteiger charge is 2.02. The van der Waals surface area contributed by atoms with Crippen LogP contribution in [0.15, 0.2) is 23.8 Å². The second kappa shape index (κ2) is 3.64. The molecule has 4 nitrogen and oxygen atoms in total. The monoisotopic (exact) mass is 162 g/mol. The fourth-order valence-electron chi connectivity index (χ4n) is 0.915. The lowest BCUT2D eigenvalue weighted by Crippen LogP contribution is -2.08. The molecule has 1 aromatic heterocycles. The van der Waals surface area contributed by atoms with Gasteiger partial charge in [0.1, 0.15) is 0 Å². The van der Waals surface area contributed by atoms with E-state index in [1.54, 1.807) is 18.3 Å². The van der Waals surface area contributed by atoms with Gasteiger partial charge in [0.25, 0.3) is 0 Å². The van der Waals surface area contributed by atoms with Crippen LogP contribution in [0.3, 0.4) is 0 Å². The molecule has 0 saturated carbocycles. The standard InChI is InChI=1S/C8H10N4/c1-3-6-7(12-9)4-5-11-8(6)10-2/h3-5H,1-2,9H2,(H,11,12). The third-order valence-corrected chi connectivity index (χ3v) is 1.48. The summed E-state index contributed by atoms with van der Waals surface area (Å²) >= 11 is 0. The van der Waals surface area contributed by atoms with Gasteiger partial charge in [-0.3, -0.25) is 5.84 Å². The number of rotatable bonds is 3. The van der Waals surface area contributed by atoms with Crippen LogP contribution >= 0.6 is 0 Å². The van der Waals surface area contributed by atoms with E-state index in [0.717, 1.165) is 11.3 Å². The predicted molar refractivity (Wildman–Crippen MR) is 51.3 cm³/mol. The first kappa shape index (κ1) is 8.42. The summed E-state index contributed by atoms with van der Waals surface area (Å²) < 4.78 is 0. The van der Waals surface area contributed by atoms with Crippen LogP contribution in [0.1, 0.15) is 5.56 Å². The van der Waals surface area contributed by atoms with Crippen LogP contribution in [0.2, 0.25) is 0 Å². The van der Waals surface area contributed by atoms with Crippen LogP contribution in [0.25, 0.3) is 6.08 Å². The normalized spacial score (nSPS) is 9.08. The Bertz CT molecular complexity index is 306. The Morgan fingerprint density at radius 1 is 1.67 bits per heavy atom. The molecule has 0 atom stereocenters. The van der Waals surface area contributed by atoms with Crippen molar-refractivity contribution in [2.24, 2.45) is 10.8 Å². The van der Waals surface area contributed by atoms with Gasteiger partial charge < -0.3 is 5.43 Å². The second-order valence-corrected chi connectivity index (χ2v) is 2.10. The number of aromatic nitrogens is 1. The van der Waals surface area contributed by atoms with Crippen LogP contribution in [-0.2, 0) is 0 Å². The fraction of sp³-hybridized carbons (Fsp3) is 0. The van der Waals surface area contributed by atoms with E-state index in [9.17, 15) is 0 Å². The highest BCUT2D eigenvalue weighted by Crippen LogP contribution is 2.23. The number of nitrogen functional groups attached to an aromatic ring is 1. The van der Waals surface area contributed by atoms with E-state index in [1.165, 1.54) is 0 Å². The van der Waals surface area contributed by atoms with Crippen molar-refractivity contribution < 1.29 is 0 Å². The Morgan fingerprint density at radius 2 is 2.42 bits per heavy atom. The van der Waals surface area contributed by atoms with Gasteiger partial charge in [0, 0.05) is 11.8 Å². The minimum absolute atomic E-state index is 0.528. The fourth-order valence-corrected chi connectivity index (χ4v) is 0.915. The zero-order valence-electron chi connectivity index (χ0n) is 6.62. The van der Waals surface area contributed by atoms with Crippen LogP contribution < -0.4 is 11.3 Å². The molecule has 0 aliphatic rings. The number of aliphatic imine (C=N–C) groups is 1. The second-order valence-electron chi connectivity index (χ2n) is 2.10. The molecular formula is C8H10N4. The average molecular weight is 162 g/mol. The molecule has 0 spiro atoms. The molecule has 0 fully saturated rings. The molecule has 1 rings (SSSR count). The molecule has 0 saturated heterocycles. The highest BCUT2D eigenvalue weighted by molar-refractivity contribution is 5.73. The maximum Gasteiger partial charge on any atom is 0.160 e. The molecule has 0 bridgehead atoms. The van der Waals surface area contributed by atoms with E-state index in [2.05, 4.69) is 28.7 Å². The van der Waals surface area contributed by atoms with E-state index < -0.39 is 0 Å². The van der Waals surface area contributed by atoms with E-state index >= 15 is 0 Å². The van der Waals surface area contributed by atoms with Crippen molar-refractivity contribution in [2.75, 3.05) is 5.43 Å². The minimum Gasteiger partial charge on any atom is -0.323 e. The number of anilines is 1. The van der Waals surface area contributed by atoms with Gasteiger partial charge >= 0.3 is 0 Å². The molecule has 0 amide bonds. The van der Waals surface area contributed by atoms with Gasteiger partial charge in [-0.15, -0.1) is 0 Å². The Hall–Kier alpha value is -1.68. The van der Waals surface area contributed by atoms with Crippen LogP contribution in [0.4, 0.5) is 11.5 Å². The maximum absolute atomic E-state index is 5.26. The molecule has 62 valence electrons. The Labute approximate surface area is 70.8 Å². The lowest BCUT2D eigenvalue weighted by atomic mass is 10.2. The van der Waals surface area contributed by atoms with Crippen molar-refractivity contribution in [3.63, 3.8) is 0 Å². The van der Waals surface area contributed by atoms with E-state index in [0.29, 0.717) is 5.82 Å². The van der Waals surface area contributed by atoms with Crippen LogP contribution in [0, 0.1) is 0 Å². The van der Waals surface area contributed by atoms with E-state index in [1.807, 2.05) is 0 Å². The largest absolute Gasteiger partial charge is 0.323 e. The SMILES string of the molecule is C=Cc1c(NN)ccnc1N=C. The smallest absolute Gasteiger partial charge is 0.160 e. The van der Waals surface area contributed by atoms with Crippen molar-refractivity contribution in [3.8, 4) is 0 Å². The van der Waals surface area contributed by atoms with Gasteiger partial charge in [-0.2, -0.15) is 0 Å². The van der Waals surface area contributed by atoms with Crippen molar-refractivity contribution in [2.45, 2.75) is 0 Å². The summed E-state index contributed by atoms with van der Waals surface area (Å²) in [5.41, 5.74) is 4.02. The number of nitrogens with zero attached hydrogens (tertiary/aromatic N) is 2. The average Bonchev–Trinajstić information content (AvgIpc) is 2.16. The van der Waals surface area contributed by atoms with Crippen LogP contribution in [0.5, 0.6) is 0 Å². The quantitative estimate of drug-likeness (QED) is 0.400. The predicted octanol–water partition coefficient (Wildman–Crippen LogP) is 1.34. The Kier molecular flexibility index (Phi) is 2.55. The number of hydrazine groups is 1. The zero-order chi connectivity index (χ0) is 8.97. The van der Waals surface area contributed by atoms with Gasteiger partial charge in [0.2, 0.25) is 0 Å². The lowest BCUT2D eigenvalue weighted by Gasteiger charge is -2.05. The number of hydrogen-bond donors (Lipinski definition) is 2. The number of nitrogens with one attached hydrogen (secondary N) is 1. The summed E-state index contributed by atoms with van der Waals surface area (Å²) in [4.78, 5) is 7.70. The molecule has 3 N–H and O–H groups in total. The summed E-state index contributed by atoms with van der Waals surface area (Å²) in [6, 6.07) is 1.74. The molecule has 1 heterocycles. The first-order valence-electron chi connectivity index (χ1n) is 3.38. The Morgan fingerprint density at radius 3 is 2.92 bits per heavy atom. The topological polar surface area (TPSA) is 63.3 Å². The third kappa shape index (κ3) is 1.33. The molecule has 0 aromatic carbocycles. The first-order valence-corrected chi connectivity index (χ1v) is 3.38. The van der Waals surface area contributed by atoms with Gasteiger partial charge in [-0.25, -0.2) is 9.98 Å². The number of nitrogens with two attached hydrogens (primary N) is 1. The summed E-state index contributed by atoms with van der Waals surface area (Å²) in [5.74, 6) is 5.79. The van der Waals surface area contributed by atoms with Gasteiger partial charge in [-0.1, -0.05) is 12.7 Å². The minimum atomic E-state index is 0.528. The molecular weight excluding hydrogens is 152 g/mol. The number of hydrogen-bond acceptors (Lipinski definition) is 4. The van der Waals surface area contributed by atoms with Gasteiger partial charge in [-0.05, 0) is 12.8 Å². The summed E-state index contributed by atoms with van der Waals surface area (Å²) in [5, 5.41) is 0. The molecule has 0 unspecified atom stereocenters. The Balaban J connectivity index is 3.31. The molecule has 1 aromatic rings. The van der Waals surface area contributed by atoms with Gasteiger partial charge in [0.05, 0.1) is 5.69 Å². The van der Waals surface area contributed by atoms with Crippen molar-refractivity contribution in [1.29, 1.82) is 0 Å². The lowest BCUT2D eigenvalue weighted by molar-refractivity contribution is 1.24. The zero-order valence-corrected chi connectivity index (χ0v) is 6.62. The molecule has 0 radical (unpaired) electrons.